The van der Waals surface area contributed by atoms with Crippen molar-refractivity contribution in [1.82, 2.24) is 10.6 Å². The van der Waals surface area contributed by atoms with Crippen LogP contribution in [0, 0.1) is 0 Å². The van der Waals surface area contributed by atoms with Gasteiger partial charge in [0.1, 0.15) is 0 Å². The number of alkyl halides is 2. The zero-order valence-electron chi connectivity index (χ0n) is 17.1. The van der Waals surface area contributed by atoms with E-state index in [1.165, 1.54) is 19.3 Å². The molecule has 0 unspecified atom stereocenters. The summed E-state index contributed by atoms with van der Waals surface area (Å²) in [6.07, 6.45) is 5.56. The summed E-state index contributed by atoms with van der Waals surface area (Å²) in [5, 5.41) is 5.66. The summed E-state index contributed by atoms with van der Waals surface area (Å²) in [6.45, 7) is -2.63. The summed E-state index contributed by atoms with van der Waals surface area (Å²) in [4.78, 5) is 24.0. The maximum atomic E-state index is 12.5. The van der Waals surface area contributed by atoms with Crippen LogP contribution in [-0.4, -0.2) is 38.1 Å². The summed E-state index contributed by atoms with van der Waals surface area (Å²) >= 11 is 0. The number of nitrogens with one attached hydrogen (secondary N) is 2. The highest BCUT2D eigenvalue weighted by atomic mass is 19.3. The van der Waals surface area contributed by atoms with Crippen molar-refractivity contribution in [3.8, 4) is 11.5 Å². The minimum atomic E-state index is -2.95. The highest BCUT2D eigenvalue weighted by Gasteiger charge is 2.23. The van der Waals surface area contributed by atoms with E-state index >= 15 is 0 Å². The molecule has 0 saturated heterocycles. The van der Waals surface area contributed by atoms with E-state index in [1.54, 1.807) is 42.5 Å². The van der Waals surface area contributed by atoms with Gasteiger partial charge >= 0.3 is 6.61 Å². The molecule has 2 N–H and O–H groups in total. The Labute approximate surface area is 179 Å². The number of benzene rings is 2. The predicted octanol–water partition coefficient (Wildman–Crippen LogP) is 3.56. The molecule has 0 atom stereocenters. The zero-order valence-corrected chi connectivity index (χ0v) is 17.1. The molecule has 0 aromatic heterocycles. The Morgan fingerprint density at radius 2 is 1.87 bits per heavy atom. The van der Waals surface area contributed by atoms with E-state index in [2.05, 4.69) is 15.4 Å². The second kappa shape index (κ2) is 10.6. The highest BCUT2D eigenvalue weighted by molar-refractivity contribution is 5.95. The fourth-order valence-electron chi connectivity index (χ4n) is 2.87. The monoisotopic (exact) mass is 430 g/mol. The number of ether oxygens (including phenoxy) is 2. The topological polar surface area (TPSA) is 76.7 Å². The molecule has 0 heterocycles. The lowest BCUT2D eigenvalue weighted by Gasteiger charge is -2.11. The lowest BCUT2D eigenvalue weighted by atomic mass is 10.1. The molecule has 0 spiro atoms. The molecule has 1 saturated carbocycles. The quantitative estimate of drug-likeness (QED) is 0.565. The smallest absolute Gasteiger partial charge is 0.387 e. The van der Waals surface area contributed by atoms with Gasteiger partial charge in [-0.1, -0.05) is 18.2 Å². The first kappa shape index (κ1) is 22.3. The zero-order chi connectivity index (χ0) is 22.2. The molecular formula is C23H24F2N2O4. The van der Waals surface area contributed by atoms with E-state index in [1.807, 2.05) is 0 Å². The fourth-order valence-corrected chi connectivity index (χ4v) is 2.87. The van der Waals surface area contributed by atoms with Crippen molar-refractivity contribution in [2.75, 3.05) is 13.7 Å². The van der Waals surface area contributed by atoms with Crippen LogP contribution in [0.5, 0.6) is 11.5 Å². The minimum Gasteiger partial charge on any atom is -0.493 e. The Morgan fingerprint density at radius 1 is 1.13 bits per heavy atom. The number of carbonyl (C=O) groups is 2. The van der Waals surface area contributed by atoms with Gasteiger partial charge in [-0.2, -0.15) is 8.78 Å². The van der Waals surface area contributed by atoms with Crippen LogP contribution in [0.4, 0.5) is 8.78 Å². The maximum absolute atomic E-state index is 12.5. The summed E-state index contributed by atoms with van der Waals surface area (Å²) in [7, 11) is 1.37. The lowest BCUT2D eigenvalue weighted by molar-refractivity contribution is -0.116. The molecular weight excluding hydrogens is 406 g/mol. The molecule has 1 fully saturated rings. The van der Waals surface area contributed by atoms with Gasteiger partial charge in [0, 0.05) is 24.2 Å². The second-order valence-electron chi connectivity index (χ2n) is 7.11. The van der Waals surface area contributed by atoms with E-state index in [0.717, 1.165) is 24.0 Å². The number of methoxy groups -OCH3 is 1. The van der Waals surface area contributed by atoms with Gasteiger partial charge in [-0.05, 0) is 60.7 Å². The second-order valence-corrected chi connectivity index (χ2v) is 7.11. The Balaban J connectivity index is 1.46. The molecule has 6 nitrogen and oxygen atoms in total. The molecule has 31 heavy (non-hydrogen) atoms. The number of hydrogen-bond acceptors (Lipinski definition) is 4. The Hall–Kier alpha value is -3.42. The van der Waals surface area contributed by atoms with Gasteiger partial charge in [0.25, 0.3) is 5.91 Å². The van der Waals surface area contributed by atoms with Crippen LogP contribution in [0.25, 0.3) is 6.08 Å². The number of halogens is 2. The Bertz CT molecular complexity index is 941. The first-order valence-corrected chi connectivity index (χ1v) is 9.93. The first-order valence-electron chi connectivity index (χ1n) is 9.93. The van der Waals surface area contributed by atoms with Gasteiger partial charge in [0.05, 0.1) is 7.11 Å². The SMILES string of the molecule is COc1ccc(CCNC(=O)/C=C/c2ccc(C(=O)NC3CC3)cc2)cc1OC(F)F. The van der Waals surface area contributed by atoms with Crippen LogP contribution in [-0.2, 0) is 11.2 Å². The standard InChI is InChI=1S/C23H24F2N2O4/c1-30-19-10-4-16(14-20(19)31-23(24)25)12-13-26-21(28)11-5-15-2-6-17(7-3-15)22(29)27-18-8-9-18/h2-7,10-11,14,18,23H,8-9,12-13H2,1H3,(H,26,28)(H,27,29)/b11-5+. The van der Waals surface area contributed by atoms with Crippen molar-refractivity contribution in [2.24, 2.45) is 0 Å². The largest absolute Gasteiger partial charge is 0.493 e. The van der Waals surface area contributed by atoms with E-state index in [0.29, 0.717) is 24.6 Å². The maximum Gasteiger partial charge on any atom is 0.387 e. The number of rotatable bonds is 10. The van der Waals surface area contributed by atoms with Crippen molar-refractivity contribution >= 4 is 17.9 Å². The molecule has 0 aliphatic heterocycles. The normalized spacial score (nSPS) is 13.3. The third-order valence-corrected chi connectivity index (χ3v) is 4.67. The average Bonchev–Trinajstić information content (AvgIpc) is 3.56. The van der Waals surface area contributed by atoms with Gasteiger partial charge in [-0.3, -0.25) is 9.59 Å². The summed E-state index contributed by atoms with van der Waals surface area (Å²) in [5.41, 5.74) is 2.10. The number of carbonyl (C=O) groups excluding carboxylic acids is 2. The van der Waals surface area contributed by atoms with Crippen molar-refractivity contribution < 1.29 is 27.8 Å². The Kier molecular flexibility index (Phi) is 7.59. The van der Waals surface area contributed by atoms with Gasteiger partial charge < -0.3 is 20.1 Å². The molecule has 1 aliphatic rings. The first-order chi connectivity index (χ1) is 14.9. The van der Waals surface area contributed by atoms with Crippen LogP contribution in [0.3, 0.4) is 0 Å². The third kappa shape index (κ3) is 7.09. The predicted molar refractivity (Wildman–Crippen MR) is 112 cm³/mol. The molecule has 2 aromatic carbocycles. The summed E-state index contributed by atoms with van der Waals surface area (Å²) < 4.78 is 34.5. The van der Waals surface area contributed by atoms with Crippen molar-refractivity contribution in [3.63, 3.8) is 0 Å². The van der Waals surface area contributed by atoms with Gasteiger partial charge in [-0.15, -0.1) is 0 Å². The van der Waals surface area contributed by atoms with Crippen molar-refractivity contribution in [3.05, 3.63) is 65.2 Å². The molecule has 0 radical (unpaired) electrons. The minimum absolute atomic E-state index is 0.0458. The summed E-state index contributed by atoms with van der Waals surface area (Å²) in [6, 6.07) is 12.0. The average molecular weight is 430 g/mol. The lowest BCUT2D eigenvalue weighted by Crippen LogP contribution is -2.25. The molecule has 1 aliphatic carbocycles. The molecule has 2 amide bonds. The van der Waals surface area contributed by atoms with E-state index in [9.17, 15) is 18.4 Å². The van der Waals surface area contributed by atoms with Crippen LogP contribution in [0.15, 0.2) is 48.5 Å². The Morgan fingerprint density at radius 3 is 2.52 bits per heavy atom. The summed E-state index contributed by atoms with van der Waals surface area (Å²) in [5.74, 6) is -0.202. The van der Waals surface area contributed by atoms with Crippen molar-refractivity contribution in [1.29, 1.82) is 0 Å². The molecule has 8 heteroatoms. The van der Waals surface area contributed by atoms with E-state index < -0.39 is 6.61 Å². The molecule has 2 aromatic rings. The van der Waals surface area contributed by atoms with Crippen LogP contribution < -0.4 is 20.1 Å². The molecule has 0 bridgehead atoms. The number of amides is 2. The van der Waals surface area contributed by atoms with Crippen LogP contribution in [0.2, 0.25) is 0 Å². The number of hydrogen-bond donors (Lipinski definition) is 2. The van der Waals surface area contributed by atoms with Crippen molar-refractivity contribution in [2.45, 2.75) is 31.9 Å². The van der Waals surface area contributed by atoms with Crippen LogP contribution >= 0.6 is 0 Å². The van der Waals surface area contributed by atoms with Crippen LogP contribution in [0.1, 0.15) is 34.3 Å². The van der Waals surface area contributed by atoms with E-state index in [4.69, 9.17) is 4.74 Å². The van der Waals surface area contributed by atoms with Gasteiger partial charge in [-0.25, -0.2) is 0 Å². The van der Waals surface area contributed by atoms with Gasteiger partial charge in [0.2, 0.25) is 5.91 Å². The third-order valence-electron chi connectivity index (χ3n) is 4.67. The van der Waals surface area contributed by atoms with Gasteiger partial charge in [0.15, 0.2) is 11.5 Å². The molecule has 3 rings (SSSR count). The molecule has 164 valence electrons. The van der Waals surface area contributed by atoms with E-state index in [-0.39, 0.29) is 23.3 Å². The highest BCUT2D eigenvalue weighted by Crippen LogP contribution is 2.29. The fraction of sp³-hybridized carbons (Fsp3) is 0.304.